The van der Waals surface area contributed by atoms with E-state index in [1.54, 1.807) is 0 Å². The van der Waals surface area contributed by atoms with Gasteiger partial charge in [0.05, 0.1) is 12.6 Å². The molecule has 2 aliphatic rings. The summed E-state index contributed by atoms with van der Waals surface area (Å²) in [5.41, 5.74) is 1.79. The van der Waals surface area contributed by atoms with Gasteiger partial charge in [-0.2, -0.15) is 0 Å². The van der Waals surface area contributed by atoms with Gasteiger partial charge in [-0.15, -0.1) is 10.2 Å². The number of aliphatic hydroxyl groups is 2. The Bertz CT molecular complexity index is 946. The summed E-state index contributed by atoms with van der Waals surface area (Å²) in [4.78, 5) is 2.15. The van der Waals surface area contributed by atoms with Gasteiger partial charge in [0.1, 0.15) is 0 Å². The Kier molecular flexibility index (Phi) is 4.27. The van der Waals surface area contributed by atoms with E-state index in [0.29, 0.717) is 31.4 Å². The molecule has 4 atom stereocenters. The molecule has 1 spiro atoms. The SMILES string of the molecule is OC[C@@H]1[C@@H](c2ccccc2)[C@]12CN(Cc1nnc(-c3ccccc3)o1)C[C@H]2O. The zero-order valence-electron chi connectivity index (χ0n) is 15.5. The number of β-amino-alcohol motifs (C(OH)–C–C–N with tert-alkyl or cyclic N) is 1. The van der Waals surface area contributed by atoms with Crippen LogP contribution in [0.1, 0.15) is 17.4 Å². The zero-order valence-corrected chi connectivity index (χ0v) is 15.5. The lowest BCUT2D eigenvalue weighted by Gasteiger charge is -2.15. The van der Waals surface area contributed by atoms with Crippen LogP contribution in [0, 0.1) is 11.3 Å². The highest BCUT2D eigenvalue weighted by molar-refractivity contribution is 5.51. The molecule has 5 rings (SSSR count). The van der Waals surface area contributed by atoms with E-state index in [1.807, 2.05) is 48.5 Å². The number of hydrogen-bond donors (Lipinski definition) is 2. The first-order valence-electron chi connectivity index (χ1n) is 9.66. The van der Waals surface area contributed by atoms with Gasteiger partial charge in [0.2, 0.25) is 11.8 Å². The summed E-state index contributed by atoms with van der Waals surface area (Å²) in [5.74, 6) is 1.31. The molecule has 2 fully saturated rings. The van der Waals surface area contributed by atoms with Gasteiger partial charge < -0.3 is 14.6 Å². The zero-order chi connectivity index (χ0) is 19.1. The predicted molar refractivity (Wildman–Crippen MR) is 103 cm³/mol. The molecule has 0 unspecified atom stereocenters. The largest absolute Gasteiger partial charge is 0.419 e. The summed E-state index contributed by atoms with van der Waals surface area (Å²) in [6, 6.07) is 19.9. The van der Waals surface area contributed by atoms with E-state index in [2.05, 4.69) is 27.2 Å². The van der Waals surface area contributed by atoms with Gasteiger partial charge in [-0.3, -0.25) is 4.90 Å². The maximum atomic E-state index is 10.9. The summed E-state index contributed by atoms with van der Waals surface area (Å²) in [6.07, 6.45) is -0.480. The second-order valence-electron chi connectivity index (χ2n) is 7.84. The van der Waals surface area contributed by atoms with E-state index in [0.717, 1.165) is 5.56 Å². The van der Waals surface area contributed by atoms with Crippen molar-refractivity contribution < 1.29 is 14.6 Å². The predicted octanol–water partition coefficient (Wildman–Crippen LogP) is 2.31. The number of benzene rings is 2. The molecule has 1 saturated carbocycles. The van der Waals surface area contributed by atoms with Gasteiger partial charge in [0.15, 0.2) is 0 Å². The van der Waals surface area contributed by atoms with Crippen LogP contribution in [0.4, 0.5) is 0 Å². The van der Waals surface area contributed by atoms with Gasteiger partial charge in [0.25, 0.3) is 0 Å². The molecule has 2 N–H and O–H groups in total. The minimum Gasteiger partial charge on any atom is -0.419 e. The Morgan fingerprint density at radius 3 is 2.46 bits per heavy atom. The van der Waals surface area contributed by atoms with Crippen LogP contribution in [0.3, 0.4) is 0 Å². The average molecular weight is 377 g/mol. The highest BCUT2D eigenvalue weighted by Crippen LogP contribution is 2.68. The van der Waals surface area contributed by atoms with E-state index in [-0.39, 0.29) is 23.9 Å². The number of hydrogen-bond acceptors (Lipinski definition) is 6. The molecule has 1 aromatic heterocycles. The van der Waals surface area contributed by atoms with Crippen molar-refractivity contribution in [3.63, 3.8) is 0 Å². The Labute approximate surface area is 163 Å². The van der Waals surface area contributed by atoms with Crippen molar-refractivity contribution in [2.45, 2.75) is 18.6 Å². The summed E-state index contributed by atoms with van der Waals surface area (Å²) in [6.45, 7) is 1.84. The van der Waals surface area contributed by atoms with E-state index in [9.17, 15) is 10.2 Å². The number of nitrogens with zero attached hydrogens (tertiary/aromatic N) is 3. The number of aliphatic hydroxyl groups excluding tert-OH is 2. The van der Waals surface area contributed by atoms with Crippen molar-refractivity contribution in [1.82, 2.24) is 15.1 Å². The van der Waals surface area contributed by atoms with Gasteiger partial charge in [-0.1, -0.05) is 48.5 Å². The molecular weight excluding hydrogens is 354 g/mol. The molecule has 0 amide bonds. The minimum atomic E-state index is -0.480. The van der Waals surface area contributed by atoms with E-state index >= 15 is 0 Å². The third-order valence-corrected chi connectivity index (χ3v) is 6.31. The fraction of sp³-hybridized carbons (Fsp3) is 0.364. The third-order valence-electron chi connectivity index (χ3n) is 6.31. The number of rotatable bonds is 5. The van der Waals surface area contributed by atoms with Crippen LogP contribution in [0.15, 0.2) is 65.1 Å². The topological polar surface area (TPSA) is 82.6 Å². The molecule has 2 aromatic carbocycles. The van der Waals surface area contributed by atoms with Gasteiger partial charge >= 0.3 is 0 Å². The lowest BCUT2D eigenvalue weighted by molar-refractivity contribution is 0.111. The van der Waals surface area contributed by atoms with Gasteiger partial charge in [0, 0.05) is 30.7 Å². The van der Waals surface area contributed by atoms with Crippen LogP contribution >= 0.6 is 0 Å². The molecule has 144 valence electrons. The monoisotopic (exact) mass is 377 g/mol. The summed E-state index contributed by atoms with van der Waals surface area (Å²) >= 11 is 0. The maximum Gasteiger partial charge on any atom is 0.247 e. The fourth-order valence-corrected chi connectivity index (χ4v) is 4.99. The second-order valence-corrected chi connectivity index (χ2v) is 7.84. The molecule has 1 aliphatic carbocycles. The maximum absolute atomic E-state index is 10.9. The highest BCUT2D eigenvalue weighted by Gasteiger charge is 2.70. The van der Waals surface area contributed by atoms with Crippen molar-refractivity contribution in [2.75, 3.05) is 19.7 Å². The highest BCUT2D eigenvalue weighted by atomic mass is 16.4. The molecule has 1 aliphatic heterocycles. The second kappa shape index (κ2) is 6.81. The lowest BCUT2D eigenvalue weighted by Crippen LogP contribution is -2.23. The Hall–Kier alpha value is -2.54. The molecule has 3 aromatic rings. The number of likely N-dealkylation sites (tertiary alicyclic amines) is 1. The van der Waals surface area contributed by atoms with Crippen LogP contribution in [0.5, 0.6) is 0 Å². The quantitative estimate of drug-likeness (QED) is 0.710. The molecule has 0 bridgehead atoms. The first-order chi connectivity index (χ1) is 13.7. The molecule has 6 nitrogen and oxygen atoms in total. The average Bonchev–Trinajstić information content (AvgIpc) is 2.97. The smallest absolute Gasteiger partial charge is 0.247 e. The van der Waals surface area contributed by atoms with Crippen LogP contribution in [0.2, 0.25) is 0 Å². The van der Waals surface area contributed by atoms with Crippen molar-refractivity contribution >= 4 is 0 Å². The molecule has 0 radical (unpaired) electrons. The minimum absolute atomic E-state index is 0.0810. The normalized spacial score (nSPS) is 29.4. The van der Waals surface area contributed by atoms with E-state index < -0.39 is 6.10 Å². The molecule has 2 heterocycles. The Morgan fingerprint density at radius 1 is 1.04 bits per heavy atom. The van der Waals surface area contributed by atoms with Crippen molar-refractivity contribution in [1.29, 1.82) is 0 Å². The summed E-state index contributed by atoms with van der Waals surface area (Å²) in [5, 5.41) is 29.1. The first-order valence-corrected chi connectivity index (χ1v) is 9.66. The van der Waals surface area contributed by atoms with Gasteiger partial charge in [-0.25, -0.2) is 0 Å². The lowest BCUT2D eigenvalue weighted by atomic mass is 9.95. The number of aromatic nitrogens is 2. The van der Waals surface area contributed by atoms with E-state index in [1.165, 1.54) is 5.56 Å². The van der Waals surface area contributed by atoms with Crippen molar-refractivity contribution in [3.05, 3.63) is 72.1 Å². The molecule has 1 saturated heterocycles. The Morgan fingerprint density at radius 2 is 1.75 bits per heavy atom. The van der Waals surface area contributed by atoms with Crippen LogP contribution < -0.4 is 0 Å². The molecular formula is C22H23N3O3. The summed E-state index contributed by atoms with van der Waals surface area (Å²) < 4.78 is 5.83. The fourth-order valence-electron chi connectivity index (χ4n) is 4.99. The van der Waals surface area contributed by atoms with Crippen LogP contribution in [-0.4, -0.2) is 51.1 Å². The van der Waals surface area contributed by atoms with Crippen molar-refractivity contribution in [3.8, 4) is 11.5 Å². The van der Waals surface area contributed by atoms with Crippen LogP contribution in [0.25, 0.3) is 11.5 Å². The first kappa shape index (κ1) is 17.6. The molecule has 28 heavy (non-hydrogen) atoms. The van der Waals surface area contributed by atoms with Crippen molar-refractivity contribution in [2.24, 2.45) is 11.3 Å². The Balaban J connectivity index is 1.32. The van der Waals surface area contributed by atoms with E-state index in [4.69, 9.17) is 4.42 Å². The van der Waals surface area contributed by atoms with Gasteiger partial charge in [-0.05, 0) is 29.5 Å². The van der Waals surface area contributed by atoms with Crippen LogP contribution in [-0.2, 0) is 6.54 Å². The summed E-state index contributed by atoms with van der Waals surface area (Å²) in [7, 11) is 0. The standard InChI is InChI=1S/C22H23N3O3/c26-13-17-20(15-7-3-1-4-8-15)22(17)14-25(11-18(22)27)12-19-23-24-21(28-19)16-9-5-2-6-10-16/h1-10,17-18,20,26-27H,11-14H2/t17-,18-,20-,22-/m1/s1. The third kappa shape index (κ3) is 2.76. The molecule has 6 heteroatoms.